The molecule has 0 aliphatic carbocycles. The summed E-state index contributed by atoms with van der Waals surface area (Å²) in [4.78, 5) is 3.86. The number of alkyl halides is 1. The second-order valence-corrected chi connectivity index (χ2v) is 6.96. The van der Waals surface area contributed by atoms with Gasteiger partial charge in [0.05, 0.1) is 0 Å². The summed E-state index contributed by atoms with van der Waals surface area (Å²) in [5, 5.41) is 0. The number of anilines is 1. The summed E-state index contributed by atoms with van der Waals surface area (Å²) >= 11 is 0. The van der Waals surface area contributed by atoms with Gasteiger partial charge in [0.25, 0.3) is 0 Å². The molecule has 0 radical (unpaired) electrons. The molecule has 0 aliphatic heterocycles. The van der Waals surface area contributed by atoms with E-state index in [1.54, 1.807) is 19.3 Å². The zero-order valence-electron chi connectivity index (χ0n) is 19.4. The normalized spacial score (nSPS) is 10.1. The first kappa shape index (κ1) is 26.6. The van der Waals surface area contributed by atoms with Gasteiger partial charge < -0.3 is 5.73 Å². The largest absolute Gasteiger partial charge is 0.398 e. The molecule has 2 nitrogen and oxygen atoms in total. The Morgan fingerprint density at radius 2 is 1.76 bits per heavy atom. The molecule has 2 aromatic rings. The van der Waals surface area contributed by atoms with Crippen molar-refractivity contribution in [3.63, 3.8) is 0 Å². The molecule has 2 rings (SSSR count). The average Bonchev–Trinajstić information content (AvgIpc) is 2.72. The lowest BCUT2D eigenvalue weighted by atomic mass is 9.98. The number of hydrogen-bond acceptors (Lipinski definition) is 2. The topological polar surface area (TPSA) is 38.4 Å². The molecule has 2 aromatic carbocycles. The fourth-order valence-corrected chi connectivity index (χ4v) is 2.81. The van der Waals surface area contributed by atoms with Crippen molar-refractivity contribution in [1.29, 1.82) is 0 Å². The monoisotopic (exact) mass is 398 g/mol. The Balaban J connectivity index is 0.000000499. The highest BCUT2D eigenvalue weighted by atomic mass is 19.1. The second kappa shape index (κ2) is 14.6. The summed E-state index contributed by atoms with van der Waals surface area (Å²) in [7, 11) is 1.68. The molecule has 0 aromatic heterocycles. The molecule has 0 spiro atoms. The Morgan fingerprint density at radius 3 is 2.28 bits per heavy atom. The number of hydrogen-bond donors (Lipinski definition) is 1. The molecule has 2 N–H and O–H groups in total. The van der Waals surface area contributed by atoms with E-state index in [4.69, 9.17) is 5.73 Å². The summed E-state index contributed by atoms with van der Waals surface area (Å²) in [6.07, 6.45) is 5.42. The molecule has 0 saturated carbocycles. The van der Waals surface area contributed by atoms with Crippen LogP contribution < -0.4 is 5.73 Å². The fourth-order valence-electron chi connectivity index (χ4n) is 2.81. The van der Waals surface area contributed by atoms with Gasteiger partial charge in [-0.1, -0.05) is 57.5 Å². The molecular formula is C26H39FN2. The molecule has 0 atom stereocenters. The minimum absolute atomic E-state index is 0.530. The molecule has 0 unspecified atom stereocenters. The number of halogens is 1. The number of aryl methyl sites for hydroxylation is 3. The summed E-state index contributed by atoms with van der Waals surface area (Å²) in [5.41, 5.74) is 13.9. The number of allylic oxidation sites excluding steroid dienone is 1. The standard InChI is InChI=1S/C14H20.C10H13FN2.C2H6/c1-5-6-7-14-10-13(11(2)3)9-8-12(14)4;1-7-3-8(6-13-2)4-9(5-11)10(7)12;1-2/h8-10H,2,5-7H2,1,3-4H3;3-4,6H,5,12H2,1-2H3;1-2H3. The Labute approximate surface area is 177 Å². The van der Waals surface area contributed by atoms with Gasteiger partial charge in [0.1, 0.15) is 6.67 Å². The van der Waals surface area contributed by atoms with E-state index in [-0.39, 0.29) is 0 Å². The molecule has 0 bridgehead atoms. The van der Waals surface area contributed by atoms with Crippen molar-refractivity contribution < 1.29 is 4.39 Å². The van der Waals surface area contributed by atoms with E-state index < -0.39 is 6.67 Å². The first-order valence-electron chi connectivity index (χ1n) is 10.5. The third-order valence-electron chi connectivity index (χ3n) is 4.56. The fraction of sp³-hybridized carbons (Fsp3) is 0.423. The summed E-state index contributed by atoms with van der Waals surface area (Å²) in [5.74, 6) is 0. The molecule has 0 saturated heterocycles. The second-order valence-electron chi connectivity index (χ2n) is 6.96. The highest BCUT2D eigenvalue weighted by molar-refractivity contribution is 5.81. The highest BCUT2D eigenvalue weighted by Gasteiger charge is 2.03. The first-order chi connectivity index (χ1) is 13.8. The summed E-state index contributed by atoms with van der Waals surface area (Å²) < 4.78 is 12.5. The van der Waals surface area contributed by atoms with E-state index in [1.807, 2.05) is 26.8 Å². The molecule has 160 valence electrons. The molecule has 0 heterocycles. The van der Waals surface area contributed by atoms with E-state index in [0.717, 1.165) is 16.7 Å². The number of nitrogen functional groups attached to an aromatic ring is 1. The van der Waals surface area contributed by atoms with E-state index in [0.29, 0.717) is 11.3 Å². The number of aliphatic imine (C=N–C) groups is 1. The Hall–Kier alpha value is -2.42. The van der Waals surface area contributed by atoms with Gasteiger partial charge in [-0.05, 0) is 73.6 Å². The van der Waals surface area contributed by atoms with Crippen LogP contribution in [0, 0.1) is 13.8 Å². The molecular weight excluding hydrogens is 359 g/mol. The van der Waals surface area contributed by atoms with Gasteiger partial charge in [-0.15, -0.1) is 0 Å². The van der Waals surface area contributed by atoms with Gasteiger partial charge in [-0.3, -0.25) is 4.99 Å². The first-order valence-corrected chi connectivity index (χ1v) is 10.5. The van der Waals surface area contributed by atoms with Gasteiger partial charge in [-0.25, -0.2) is 4.39 Å². The van der Waals surface area contributed by atoms with Crippen LogP contribution in [-0.2, 0) is 13.1 Å². The van der Waals surface area contributed by atoms with Gasteiger partial charge in [0, 0.05) is 24.5 Å². The smallest absolute Gasteiger partial charge is 0.117 e. The van der Waals surface area contributed by atoms with Crippen molar-refractivity contribution in [2.24, 2.45) is 4.99 Å². The molecule has 0 amide bonds. The lowest BCUT2D eigenvalue weighted by Gasteiger charge is -2.08. The van der Waals surface area contributed by atoms with Crippen LogP contribution in [0.25, 0.3) is 5.57 Å². The molecule has 0 aliphatic rings. The van der Waals surface area contributed by atoms with Crippen molar-refractivity contribution in [2.45, 2.75) is 67.5 Å². The Bertz CT molecular complexity index is 792. The molecule has 3 heteroatoms. The van der Waals surface area contributed by atoms with E-state index in [2.05, 4.69) is 50.5 Å². The highest BCUT2D eigenvalue weighted by Crippen LogP contribution is 2.20. The predicted molar refractivity (Wildman–Crippen MR) is 130 cm³/mol. The van der Waals surface area contributed by atoms with Crippen molar-refractivity contribution in [2.75, 3.05) is 12.8 Å². The van der Waals surface area contributed by atoms with Gasteiger partial charge in [0.2, 0.25) is 0 Å². The van der Waals surface area contributed by atoms with Crippen molar-refractivity contribution in [1.82, 2.24) is 0 Å². The van der Waals surface area contributed by atoms with E-state index >= 15 is 0 Å². The third-order valence-corrected chi connectivity index (χ3v) is 4.56. The summed E-state index contributed by atoms with van der Waals surface area (Å²) in [6, 6.07) is 10.3. The van der Waals surface area contributed by atoms with Crippen molar-refractivity contribution in [3.05, 3.63) is 70.3 Å². The van der Waals surface area contributed by atoms with Crippen LogP contribution in [0.5, 0.6) is 0 Å². The predicted octanol–water partition coefficient (Wildman–Crippen LogP) is 7.49. The maximum Gasteiger partial charge on any atom is 0.117 e. The molecule has 0 fully saturated rings. The van der Waals surface area contributed by atoms with E-state index in [1.165, 1.54) is 36.0 Å². The van der Waals surface area contributed by atoms with Crippen LogP contribution in [-0.4, -0.2) is 13.3 Å². The molecule has 29 heavy (non-hydrogen) atoms. The van der Waals surface area contributed by atoms with Gasteiger partial charge in [0.15, 0.2) is 0 Å². The maximum absolute atomic E-state index is 12.5. The number of nitrogens with two attached hydrogens (primary N) is 1. The quantitative estimate of drug-likeness (QED) is 0.397. The number of rotatable bonds is 6. The lowest BCUT2D eigenvalue weighted by molar-refractivity contribution is 0.486. The van der Waals surface area contributed by atoms with E-state index in [9.17, 15) is 4.39 Å². The average molecular weight is 399 g/mol. The van der Waals surface area contributed by atoms with Gasteiger partial charge in [-0.2, -0.15) is 0 Å². The lowest BCUT2D eigenvalue weighted by Crippen LogP contribution is -1.97. The zero-order chi connectivity index (χ0) is 22.4. The Morgan fingerprint density at radius 1 is 1.10 bits per heavy atom. The third kappa shape index (κ3) is 9.08. The van der Waals surface area contributed by atoms with Crippen LogP contribution in [0.1, 0.15) is 73.9 Å². The van der Waals surface area contributed by atoms with Crippen LogP contribution in [0.2, 0.25) is 0 Å². The summed E-state index contributed by atoms with van der Waals surface area (Å²) in [6.45, 7) is 15.8. The van der Waals surface area contributed by atoms with Crippen molar-refractivity contribution >= 4 is 17.5 Å². The minimum Gasteiger partial charge on any atom is -0.398 e. The minimum atomic E-state index is -0.530. The van der Waals surface area contributed by atoms with Crippen LogP contribution in [0.15, 0.2) is 41.9 Å². The SMILES string of the molecule is C=C(C)c1ccc(C)c(CCCC)c1.CC.CN=Cc1cc(C)c(N)c(CF)c1. The number of benzene rings is 2. The number of unbranched alkanes of at least 4 members (excludes halogenated alkanes) is 1. The van der Waals surface area contributed by atoms with Crippen LogP contribution in [0.3, 0.4) is 0 Å². The van der Waals surface area contributed by atoms with Crippen LogP contribution >= 0.6 is 0 Å². The Kier molecular flexibility index (Phi) is 13.3. The van der Waals surface area contributed by atoms with Crippen LogP contribution in [0.4, 0.5) is 10.1 Å². The zero-order valence-corrected chi connectivity index (χ0v) is 19.4. The van der Waals surface area contributed by atoms with Crippen molar-refractivity contribution in [3.8, 4) is 0 Å². The van der Waals surface area contributed by atoms with Gasteiger partial charge >= 0.3 is 0 Å². The number of nitrogens with zero attached hydrogens (tertiary/aromatic N) is 1. The maximum atomic E-state index is 12.5.